The molecule has 2 nitrogen and oxygen atoms in total. The molecule has 1 aromatic heterocycles. The van der Waals surface area contributed by atoms with Crippen LogP contribution in [0.4, 0.5) is 5.69 Å². The van der Waals surface area contributed by atoms with Gasteiger partial charge < -0.3 is 4.90 Å². The molecule has 1 heterocycles. The quantitative estimate of drug-likeness (QED) is 0.769. The lowest BCUT2D eigenvalue weighted by Crippen LogP contribution is -2.15. The summed E-state index contributed by atoms with van der Waals surface area (Å²) in [4.78, 5) is 3.26. The third-order valence-corrected chi connectivity index (χ3v) is 1.25. The van der Waals surface area contributed by atoms with Gasteiger partial charge in [0.2, 0.25) is 0 Å². The molecule has 0 bridgehead atoms. The Bertz CT molecular complexity index is 579. The van der Waals surface area contributed by atoms with Crippen LogP contribution in [0.25, 0.3) is 0 Å². The Morgan fingerprint density at radius 1 is 1.91 bits per heavy atom. The highest BCUT2D eigenvalue weighted by Gasteiger charge is 1.97. The zero-order valence-corrected chi connectivity index (χ0v) is 6.86. The molecule has 0 atom stereocenters. The molecule has 1 aromatic rings. The van der Waals surface area contributed by atoms with Gasteiger partial charge in [0.25, 0.3) is 0 Å². The van der Waals surface area contributed by atoms with E-state index in [1.54, 1.807) is 0 Å². The molecule has 0 unspecified atom stereocenters. The van der Waals surface area contributed by atoms with Crippen molar-refractivity contribution in [3.63, 3.8) is 0 Å². The minimum Gasteiger partial charge on any atom is -0.374 e. The molecule has 0 amide bonds. The molecule has 0 aliphatic heterocycles. The molecule has 0 aliphatic carbocycles. The Morgan fingerprint density at radius 3 is 3.55 bits per heavy atom. The van der Waals surface area contributed by atoms with Crippen molar-refractivity contribution in [3.05, 3.63) is 22.9 Å². The maximum atomic E-state index is 7.80. The summed E-state index contributed by atoms with van der Waals surface area (Å²) in [6.45, 7) is -10.0. The predicted octanol–water partition coefficient (Wildman–Crippen LogP) is 2.30. The lowest BCUT2D eigenvalue weighted by Gasteiger charge is -2.15. The maximum absolute atomic E-state index is 7.80. The summed E-state index contributed by atoms with van der Waals surface area (Å²) in [5, 5.41) is 0. The van der Waals surface area contributed by atoms with E-state index in [1.165, 1.54) is 0 Å². The molecular weight excluding hydrogens is 204 g/mol. The minimum absolute atomic E-state index is 0.130. The molecule has 0 saturated heterocycles. The Morgan fingerprint density at radius 2 is 2.82 bits per heavy atom. The zero-order chi connectivity index (χ0) is 17.7. The van der Waals surface area contributed by atoms with Crippen LogP contribution in [0.1, 0.15) is 21.9 Å². The van der Waals surface area contributed by atoms with E-state index < -0.39 is 44.4 Å². The van der Waals surface area contributed by atoms with Gasteiger partial charge in [-0.1, -0.05) is 0 Å². The fraction of sp³-hybridized carbons (Fsp3) is 0.375. The molecule has 0 aliphatic rings. The first-order valence-corrected chi connectivity index (χ1v) is 3.35. The van der Waals surface area contributed by atoms with Crippen LogP contribution < -0.4 is 4.90 Å². The van der Waals surface area contributed by atoms with Gasteiger partial charge in [0.15, 0.2) is 0 Å². The first-order chi connectivity index (χ1) is 9.62. The third kappa shape index (κ3) is 2.19. The molecule has 3 heteroatoms. The van der Waals surface area contributed by atoms with Crippen LogP contribution in [0, 0.1) is 0 Å². The Labute approximate surface area is 90.8 Å². The average molecular weight is 226 g/mol. The van der Waals surface area contributed by atoms with Crippen LogP contribution in [0.2, 0.25) is 0 Å². The molecule has 11 heavy (non-hydrogen) atoms. The van der Waals surface area contributed by atoms with E-state index in [0.717, 1.165) is 0 Å². The highest BCUT2D eigenvalue weighted by Crippen LogP contribution is 2.16. The first-order valence-electron chi connectivity index (χ1n) is 8.06. The summed E-state index contributed by atoms with van der Waals surface area (Å²) < 4.78 is 81.7. The summed E-state index contributed by atoms with van der Waals surface area (Å²) in [5.41, 5.74) is -0.830. The number of hydrogen-bond donors (Lipinski definition) is 0. The smallest absolute Gasteiger partial charge is 0.0862 e. The molecule has 0 N–H and O–H groups in total. The maximum Gasteiger partial charge on any atom is 0.0862 e. The molecule has 0 fully saturated rings. The number of rotatable bonds is 2. The largest absolute Gasteiger partial charge is 0.374 e. The molecule has 0 spiro atoms. The van der Waals surface area contributed by atoms with Crippen LogP contribution in [0.15, 0.2) is 22.9 Å². The lowest BCUT2D eigenvalue weighted by atomic mass is 10.4. The van der Waals surface area contributed by atoms with Crippen molar-refractivity contribution < 1.29 is 15.1 Å². The van der Waals surface area contributed by atoms with Gasteiger partial charge in [-0.15, -0.1) is 0 Å². The van der Waals surface area contributed by atoms with Gasteiger partial charge in [0, 0.05) is 35.1 Å². The van der Waals surface area contributed by atoms with Gasteiger partial charge in [0.1, 0.15) is 0 Å². The van der Waals surface area contributed by atoms with E-state index in [1.807, 2.05) is 0 Å². The zero-order valence-electron chi connectivity index (χ0n) is 16.3. The van der Waals surface area contributed by atoms with Crippen molar-refractivity contribution in [3.8, 4) is 0 Å². The number of pyridine rings is 1. The molecule has 0 saturated carbocycles. The first kappa shape index (κ1) is 2.02. The minimum atomic E-state index is -3.38. The van der Waals surface area contributed by atoms with E-state index in [4.69, 9.17) is 15.1 Å². The Balaban J connectivity index is 3.75. The van der Waals surface area contributed by atoms with Crippen molar-refractivity contribution in [2.24, 2.45) is 0 Å². The van der Waals surface area contributed by atoms with Crippen LogP contribution >= 0.6 is 15.9 Å². The van der Waals surface area contributed by atoms with Crippen LogP contribution in [0.5, 0.6) is 0 Å². The lowest BCUT2D eigenvalue weighted by molar-refractivity contribution is 0.960. The summed E-state index contributed by atoms with van der Waals surface area (Å²) in [6.07, 6.45) is -1.39. The number of halogens is 1. The van der Waals surface area contributed by atoms with Gasteiger partial charge in [0.05, 0.1) is 16.0 Å². The second-order valence-corrected chi connectivity index (χ2v) is 2.36. The molecular formula is C8H11BrN2. The second-order valence-electron chi connectivity index (χ2n) is 1.57. The van der Waals surface area contributed by atoms with Crippen molar-refractivity contribution in [1.82, 2.24) is 4.98 Å². The second kappa shape index (κ2) is 3.72. The van der Waals surface area contributed by atoms with Crippen molar-refractivity contribution >= 4 is 21.6 Å². The fourth-order valence-electron chi connectivity index (χ4n) is 0.452. The monoisotopic (exact) mass is 225 g/mol. The fourth-order valence-corrected chi connectivity index (χ4v) is 0.728. The van der Waals surface area contributed by atoms with Gasteiger partial charge >= 0.3 is 0 Å². The number of aromatic nitrogens is 1. The van der Waals surface area contributed by atoms with Gasteiger partial charge in [-0.05, 0) is 28.8 Å². The summed E-state index contributed by atoms with van der Waals surface area (Å²) in [7, 11) is 0. The molecule has 0 radical (unpaired) electrons. The Kier molecular flexibility index (Phi) is 0.682. The average Bonchev–Trinajstić information content (AvgIpc) is 2.28. The van der Waals surface area contributed by atoms with Crippen molar-refractivity contribution in [1.29, 1.82) is 0 Å². The predicted molar refractivity (Wildman–Crippen MR) is 50.9 cm³/mol. The van der Waals surface area contributed by atoms with Crippen LogP contribution in [0.3, 0.4) is 0 Å². The number of anilines is 1. The number of nitrogens with zero attached hydrogens (tertiary/aromatic N) is 2. The van der Waals surface area contributed by atoms with E-state index >= 15 is 0 Å². The molecule has 0 aromatic carbocycles. The van der Waals surface area contributed by atoms with Crippen LogP contribution in [-0.2, 0) is 0 Å². The Hall–Kier alpha value is -0.570. The van der Waals surface area contributed by atoms with Crippen molar-refractivity contribution in [2.75, 3.05) is 18.4 Å². The normalized spacial score (nSPS) is 27.9. The molecule has 60 valence electrons. The van der Waals surface area contributed by atoms with E-state index in [9.17, 15) is 0 Å². The van der Waals surface area contributed by atoms with E-state index in [0.29, 0.717) is 0 Å². The van der Waals surface area contributed by atoms with E-state index in [2.05, 4.69) is 20.9 Å². The number of hydrogen-bond acceptors (Lipinski definition) is 2. The van der Waals surface area contributed by atoms with Gasteiger partial charge in [-0.25, -0.2) is 0 Å². The third-order valence-electron chi connectivity index (χ3n) is 0.879. The highest BCUT2D eigenvalue weighted by atomic mass is 79.9. The highest BCUT2D eigenvalue weighted by molar-refractivity contribution is 9.10. The summed E-state index contributed by atoms with van der Waals surface area (Å²) in [6, 6.07) is -0.700. The summed E-state index contributed by atoms with van der Waals surface area (Å²) in [5.74, 6) is 0. The van der Waals surface area contributed by atoms with Crippen molar-refractivity contribution in [2.45, 2.75) is 6.85 Å². The van der Waals surface area contributed by atoms with Crippen LogP contribution in [-0.4, -0.2) is 18.5 Å². The van der Waals surface area contributed by atoms with Gasteiger partial charge in [-0.3, -0.25) is 4.98 Å². The SMILES string of the molecule is [2H]c1nc([2H])c(N(C([2H])([2H])[2H])C([2H])([2H])C([2H])([2H])[2H])c([2H])c1Br. The topological polar surface area (TPSA) is 16.1 Å². The van der Waals surface area contributed by atoms with E-state index in [-0.39, 0.29) is 9.37 Å². The standard InChI is InChI=1S/C8H11BrN2/c1-3-11(2)8-4-7(9)5-10-6-8/h4-6H,3H2,1-2H3/i1D3,2D3,3D2,4D,5D,6D. The van der Waals surface area contributed by atoms with Gasteiger partial charge in [-0.2, -0.15) is 0 Å². The summed E-state index contributed by atoms with van der Waals surface area (Å²) >= 11 is 2.82. The molecule has 1 rings (SSSR count).